The molecule has 4 amide bonds. The van der Waals surface area contributed by atoms with E-state index in [9.17, 15) is 14.4 Å². The van der Waals surface area contributed by atoms with E-state index >= 15 is 0 Å². The van der Waals surface area contributed by atoms with Crippen molar-refractivity contribution in [3.05, 3.63) is 23.2 Å². The summed E-state index contributed by atoms with van der Waals surface area (Å²) < 4.78 is 11.6. The van der Waals surface area contributed by atoms with Crippen LogP contribution in [-0.2, 0) is 9.53 Å². The third kappa shape index (κ3) is 8.39. The van der Waals surface area contributed by atoms with Gasteiger partial charge in [-0.25, -0.2) is 9.59 Å². The number of ether oxygens (including phenoxy) is 2. The maximum atomic E-state index is 12.9. The number of amides is 4. The van der Waals surface area contributed by atoms with Gasteiger partial charge < -0.3 is 30.3 Å². The van der Waals surface area contributed by atoms with E-state index in [0.717, 1.165) is 19.3 Å². The number of carbonyl (C=O) groups is 3. The smallest absolute Gasteiger partial charge is 0.410 e. The van der Waals surface area contributed by atoms with Gasteiger partial charge in [-0.15, -0.1) is 0 Å². The molecule has 3 fully saturated rings. The molecule has 2 saturated heterocycles. The summed E-state index contributed by atoms with van der Waals surface area (Å²) in [5, 5.41) is 12.5. The van der Waals surface area contributed by atoms with Crippen LogP contribution in [0.2, 0.25) is 5.02 Å². The molecule has 10 nitrogen and oxygen atoms in total. The van der Waals surface area contributed by atoms with Gasteiger partial charge in [0.05, 0.1) is 16.9 Å². The summed E-state index contributed by atoms with van der Waals surface area (Å²) in [4.78, 5) is 38.8. The number of nitrogens with one attached hydrogen (secondary N) is 4. The lowest BCUT2D eigenvalue weighted by molar-refractivity contribution is -0.127. The molecular weight excluding hydrogens is 498 g/mol. The van der Waals surface area contributed by atoms with Gasteiger partial charge in [0.15, 0.2) is 0 Å². The minimum atomic E-state index is -0.535. The fourth-order valence-electron chi connectivity index (χ4n) is 4.47. The first-order chi connectivity index (χ1) is 17.6. The largest absolute Gasteiger partial charge is 0.490 e. The topological polar surface area (TPSA) is 121 Å². The monoisotopic (exact) mass is 535 g/mol. The first kappa shape index (κ1) is 27.3. The van der Waals surface area contributed by atoms with Gasteiger partial charge in [-0.3, -0.25) is 10.1 Å². The zero-order valence-corrected chi connectivity index (χ0v) is 22.5. The Kier molecular flexibility index (Phi) is 8.69. The second-order valence-electron chi connectivity index (χ2n) is 11.0. The van der Waals surface area contributed by atoms with Gasteiger partial charge in [0.25, 0.3) is 0 Å². The van der Waals surface area contributed by atoms with Gasteiger partial charge in [-0.1, -0.05) is 11.6 Å². The second kappa shape index (κ2) is 11.8. The molecule has 0 spiro atoms. The number of rotatable bonds is 6. The highest BCUT2D eigenvalue weighted by atomic mass is 35.5. The van der Waals surface area contributed by atoms with E-state index in [-0.39, 0.29) is 42.3 Å². The molecule has 0 aromatic heterocycles. The predicted molar refractivity (Wildman–Crippen MR) is 141 cm³/mol. The Morgan fingerprint density at radius 2 is 1.78 bits per heavy atom. The van der Waals surface area contributed by atoms with Gasteiger partial charge in [-0.2, -0.15) is 0 Å². The van der Waals surface area contributed by atoms with Crippen LogP contribution in [0.25, 0.3) is 0 Å². The number of hydrogen-bond donors (Lipinski definition) is 4. The maximum absolute atomic E-state index is 12.9. The Hall–Kier alpha value is -2.72. The van der Waals surface area contributed by atoms with E-state index in [1.54, 1.807) is 23.1 Å². The average Bonchev–Trinajstić information content (AvgIpc) is 3.64. The summed E-state index contributed by atoms with van der Waals surface area (Å²) in [5.41, 5.74) is -0.00674. The number of likely N-dealkylation sites (tertiary alicyclic amines) is 1. The molecule has 4 N–H and O–H groups in total. The third-order valence-electron chi connectivity index (χ3n) is 6.59. The standard InChI is InChI=1S/C26H38ClN5O5/c1-26(2,3)37-25(35)32-12-9-16(10-13-32)23(33)31-22-15-19(8-11-28-22)36-18-6-7-21(20(27)14-18)30-24(34)29-17-4-5-17/h6-7,14,16-17,19,22,28H,4-5,8-13,15H2,1-3H3,(H,31,33)(H2,29,30,34). The molecule has 1 aliphatic carbocycles. The van der Waals surface area contributed by atoms with Crippen molar-refractivity contribution in [2.75, 3.05) is 25.0 Å². The van der Waals surface area contributed by atoms with Gasteiger partial charge in [-0.05, 0) is 65.0 Å². The molecule has 2 aliphatic heterocycles. The predicted octanol–water partition coefficient (Wildman–Crippen LogP) is 3.84. The van der Waals surface area contributed by atoms with Crippen molar-refractivity contribution in [3.63, 3.8) is 0 Å². The van der Waals surface area contributed by atoms with Gasteiger partial charge >= 0.3 is 12.1 Å². The van der Waals surface area contributed by atoms with Crippen molar-refractivity contribution >= 4 is 35.3 Å². The quantitative estimate of drug-likeness (QED) is 0.439. The molecule has 2 heterocycles. The minimum absolute atomic E-state index is 0.00932. The van der Waals surface area contributed by atoms with Crippen molar-refractivity contribution in [3.8, 4) is 5.75 Å². The Balaban J connectivity index is 1.21. The summed E-state index contributed by atoms with van der Waals surface area (Å²) in [6, 6.07) is 5.22. The van der Waals surface area contributed by atoms with Crippen molar-refractivity contribution in [2.24, 2.45) is 5.92 Å². The lowest BCUT2D eigenvalue weighted by atomic mass is 9.95. The highest BCUT2D eigenvalue weighted by Gasteiger charge is 2.32. The Morgan fingerprint density at radius 3 is 2.43 bits per heavy atom. The first-order valence-electron chi connectivity index (χ1n) is 13.1. The zero-order valence-electron chi connectivity index (χ0n) is 21.8. The Morgan fingerprint density at radius 1 is 1.05 bits per heavy atom. The normalized spacial score (nSPS) is 22.6. The van der Waals surface area contributed by atoms with E-state index in [1.807, 2.05) is 20.8 Å². The lowest BCUT2D eigenvalue weighted by Gasteiger charge is -2.35. The van der Waals surface area contributed by atoms with Crippen LogP contribution in [0.3, 0.4) is 0 Å². The molecule has 1 aromatic carbocycles. The Labute approximate surface area is 223 Å². The molecule has 3 aliphatic rings. The first-order valence-corrected chi connectivity index (χ1v) is 13.5. The number of hydrogen-bond acceptors (Lipinski definition) is 6. The van der Waals surface area contributed by atoms with Gasteiger partial charge in [0, 0.05) is 44.1 Å². The van der Waals surface area contributed by atoms with Crippen molar-refractivity contribution in [2.45, 2.75) is 83.2 Å². The molecule has 2 unspecified atom stereocenters. The van der Waals surface area contributed by atoms with Crippen LogP contribution in [0.1, 0.15) is 59.3 Å². The summed E-state index contributed by atoms with van der Waals surface area (Å²) in [5.74, 6) is 0.465. The molecule has 204 valence electrons. The number of piperidine rings is 2. The highest BCUT2D eigenvalue weighted by Crippen LogP contribution is 2.29. The van der Waals surface area contributed by atoms with Crippen LogP contribution in [0.15, 0.2) is 18.2 Å². The maximum Gasteiger partial charge on any atom is 0.410 e. The number of benzene rings is 1. The molecule has 11 heteroatoms. The van der Waals surface area contributed by atoms with E-state index in [2.05, 4.69) is 21.3 Å². The molecule has 1 aromatic rings. The summed E-state index contributed by atoms with van der Waals surface area (Å²) in [6.45, 7) is 7.25. The van der Waals surface area contributed by atoms with Gasteiger partial charge in [0.1, 0.15) is 17.5 Å². The van der Waals surface area contributed by atoms with E-state index < -0.39 is 5.60 Å². The van der Waals surface area contributed by atoms with E-state index in [0.29, 0.717) is 55.4 Å². The molecule has 37 heavy (non-hydrogen) atoms. The Bertz CT molecular complexity index is 988. The third-order valence-corrected chi connectivity index (χ3v) is 6.91. The summed E-state index contributed by atoms with van der Waals surface area (Å²) in [7, 11) is 0. The average molecular weight is 536 g/mol. The minimum Gasteiger partial charge on any atom is -0.490 e. The van der Waals surface area contributed by atoms with Crippen molar-refractivity contribution in [1.29, 1.82) is 0 Å². The lowest BCUT2D eigenvalue weighted by Crippen LogP contribution is -2.54. The van der Waals surface area contributed by atoms with Crippen LogP contribution >= 0.6 is 11.6 Å². The number of anilines is 1. The summed E-state index contributed by atoms with van der Waals surface area (Å²) in [6.07, 6.45) is 4.03. The van der Waals surface area contributed by atoms with Gasteiger partial charge in [0.2, 0.25) is 5.91 Å². The molecule has 2 atom stereocenters. The number of halogens is 1. The van der Waals surface area contributed by atoms with Crippen LogP contribution in [0, 0.1) is 5.92 Å². The number of nitrogens with zero attached hydrogens (tertiary/aromatic N) is 1. The second-order valence-corrected chi connectivity index (χ2v) is 11.4. The molecule has 0 radical (unpaired) electrons. The van der Waals surface area contributed by atoms with Crippen LogP contribution < -0.4 is 26.0 Å². The SMILES string of the molecule is CC(C)(C)OC(=O)N1CCC(C(=O)NC2CC(Oc3ccc(NC(=O)NC4CC4)c(Cl)c3)CCN2)CC1. The summed E-state index contributed by atoms with van der Waals surface area (Å²) >= 11 is 6.36. The molecule has 4 rings (SSSR count). The molecule has 1 saturated carbocycles. The molecule has 0 bridgehead atoms. The zero-order chi connectivity index (χ0) is 26.6. The van der Waals surface area contributed by atoms with Crippen LogP contribution in [0.5, 0.6) is 5.75 Å². The fraction of sp³-hybridized carbons (Fsp3) is 0.654. The molecular formula is C26H38ClN5O5. The number of carbonyl (C=O) groups excluding carboxylic acids is 3. The van der Waals surface area contributed by atoms with Crippen LogP contribution in [-0.4, -0.2) is 66.5 Å². The van der Waals surface area contributed by atoms with Crippen molar-refractivity contribution < 1.29 is 23.9 Å². The highest BCUT2D eigenvalue weighted by molar-refractivity contribution is 6.33. The number of urea groups is 1. The van der Waals surface area contributed by atoms with E-state index in [1.165, 1.54) is 0 Å². The fourth-order valence-corrected chi connectivity index (χ4v) is 4.69. The van der Waals surface area contributed by atoms with Crippen molar-refractivity contribution in [1.82, 2.24) is 20.9 Å². The van der Waals surface area contributed by atoms with Crippen LogP contribution in [0.4, 0.5) is 15.3 Å². The van der Waals surface area contributed by atoms with E-state index in [4.69, 9.17) is 21.1 Å².